The number of nitrogens with zero attached hydrogens (tertiary/aromatic N) is 1. The van der Waals surface area contributed by atoms with Gasteiger partial charge in [0.05, 0.1) is 12.6 Å². The maximum Gasteiger partial charge on any atom is 0.241 e. The Balaban J connectivity index is 0.00000364. The van der Waals surface area contributed by atoms with Crippen molar-refractivity contribution < 1.29 is 9.59 Å². The fourth-order valence-corrected chi connectivity index (χ4v) is 3.29. The third kappa shape index (κ3) is 7.51. The summed E-state index contributed by atoms with van der Waals surface area (Å²) in [6.07, 6.45) is 4.35. The molecule has 1 fully saturated rings. The smallest absolute Gasteiger partial charge is 0.241 e. The fraction of sp³-hybridized carbons (Fsp3) is 0.619. The minimum atomic E-state index is -0.560. The van der Waals surface area contributed by atoms with Gasteiger partial charge < -0.3 is 16.0 Å². The summed E-state index contributed by atoms with van der Waals surface area (Å²) in [6.45, 7) is 7.51. The number of piperidine rings is 1. The Morgan fingerprint density at radius 1 is 1.19 bits per heavy atom. The van der Waals surface area contributed by atoms with E-state index in [4.69, 9.17) is 5.73 Å². The van der Waals surface area contributed by atoms with E-state index >= 15 is 0 Å². The first-order valence-electron chi connectivity index (χ1n) is 9.73. The highest BCUT2D eigenvalue weighted by atomic mass is 35.5. The topological polar surface area (TPSA) is 75.4 Å². The second kappa shape index (κ2) is 11.3. The lowest BCUT2D eigenvalue weighted by atomic mass is 9.90. The lowest BCUT2D eigenvalue weighted by Crippen LogP contribution is -2.49. The van der Waals surface area contributed by atoms with E-state index < -0.39 is 6.04 Å². The number of carbonyl (C=O) groups excluding carboxylic acids is 2. The Morgan fingerprint density at radius 2 is 1.78 bits per heavy atom. The van der Waals surface area contributed by atoms with Gasteiger partial charge in [-0.3, -0.25) is 9.59 Å². The molecule has 1 aliphatic rings. The molecule has 27 heavy (non-hydrogen) atoms. The molecule has 6 heteroatoms. The summed E-state index contributed by atoms with van der Waals surface area (Å²) in [5, 5.41) is 2.67. The first-order chi connectivity index (χ1) is 12.4. The van der Waals surface area contributed by atoms with Crippen LogP contribution in [0.25, 0.3) is 0 Å². The standard InChI is InChI=1S/C21H33N3O2.ClH/c1-15(2)20(22)21(26)23-14-19(25)24-12-10-18(11-13-24)9-8-17-6-4-16(3)5-7-17;/h4-7,15,18,20H,8-14,22H2,1-3H3,(H,23,26);1H/t20-;/m0./s1. The Bertz CT molecular complexity index is 596. The van der Waals surface area contributed by atoms with Crippen LogP contribution in [0.3, 0.4) is 0 Å². The summed E-state index contributed by atoms with van der Waals surface area (Å²) in [4.78, 5) is 26.0. The first-order valence-corrected chi connectivity index (χ1v) is 9.73. The zero-order valence-corrected chi connectivity index (χ0v) is 17.6. The molecule has 1 atom stereocenters. The Hall–Kier alpha value is -1.59. The van der Waals surface area contributed by atoms with Gasteiger partial charge in [0.15, 0.2) is 0 Å². The van der Waals surface area contributed by atoms with Crippen molar-refractivity contribution in [3.05, 3.63) is 35.4 Å². The molecule has 0 aromatic heterocycles. The number of nitrogens with two attached hydrogens (primary N) is 1. The lowest BCUT2D eigenvalue weighted by Gasteiger charge is -2.32. The summed E-state index contributed by atoms with van der Waals surface area (Å²) < 4.78 is 0. The lowest BCUT2D eigenvalue weighted by molar-refractivity contribution is -0.134. The molecule has 0 aliphatic carbocycles. The van der Waals surface area contributed by atoms with Crippen molar-refractivity contribution in [2.24, 2.45) is 17.6 Å². The van der Waals surface area contributed by atoms with E-state index in [1.807, 2.05) is 18.7 Å². The fourth-order valence-electron chi connectivity index (χ4n) is 3.29. The highest BCUT2D eigenvalue weighted by molar-refractivity contribution is 5.87. The molecule has 1 aliphatic heterocycles. The van der Waals surface area contributed by atoms with E-state index in [-0.39, 0.29) is 36.7 Å². The van der Waals surface area contributed by atoms with Crippen LogP contribution < -0.4 is 11.1 Å². The van der Waals surface area contributed by atoms with E-state index in [1.165, 1.54) is 17.5 Å². The van der Waals surface area contributed by atoms with Gasteiger partial charge in [-0.1, -0.05) is 43.7 Å². The summed E-state index contributed by atoms with van der Waals surface area (Å²) in [6, 6.07) is 8.18. The van der Waals surface area contributed by atoms with E-state index in [9.17, 15) is 9.59 Å². The van der Waals surface area contributed by atoms with Crippen LogP contribution in [0.15, 0.2) is 24.3 Å². The van der Waals surface area contributed by atoms with Crippen molar-refractivity contribution in [1.82, 2.24) is 10.2 Å². The second-order valence-electron chi connectivity index (χ2n) is 7.84. The highest BCUT2D eigenvalue weighted by Gasteiger charge is 2.24. The van der Waals surface area contributed by atoms with Crippen LogP contribution in [0.1, 0.15) is 44.2 Å². The largest absolute Gasteiger partial charge is 0.346 e. The number of carbonyl (C=O) groups is 2. The molecule has 1 heterocycles. The van der Waals surface area contributed by atoms with Crippen LogP contribution >= 0.6 is 12.4 Å². The van der Waals surface area contributed by atoms with E-state index in [0.29, 0.717) is 5.92 Å². The summed E-state index contributed by atoms with van der Waals surface area (Å²) in [5.41, 5.74) is 8.48. The van der Waals surface area contributed by atoms with Crippen molar-refractivity contribution >= 4 is 24.2 Å². The Labute approximate surface area is 169 Å². The van der Waals surface area contributed by atoms with Gasteiger partial charge in [-0.05, 0) is 50.0 Å². The van der Waals surface area contributed by atoms with E-state index in [0.717, 1.165) is 32.4 Å². The monoisotopic (exact) mass is 395 g/mol. The molecule has 0 bridgehead atoms. The SMILES string of the molecule is Cc1ccc(CCC2CCN(C(=O)CNC(=O)[C@@H](N)C(C)C)CC2)cc1.Cl. The number of hydrogen-bond acceptors (Lipinski definition) is 3. The maximum atomic E-state index is 12.3. The molecular formula is C21H34ClN3O2. The molecule has 2 rings (SSSR count). The minimum Gasteiger partial charge on any atom is -0.346 e. The summed E-state index contributed by atoms with van der Waals surface area (Å²) in [7, 11) is 0. The van der Waals surface area contributed by atoms with Crippen LogP contribution in [0, 0.1) is 18.8 Å². The molecule has 0 spiro atoms. The Kier molecular flexibility index (Phi) is 9.81. The Morgan fingerprint density at radius 3 is 2.33 bits per heavy atom. The van der Waals surface area contributed by atoms with Gasteiger partial charge >= 0.3 is 0 Å². The molecule has 0 saturated carbocycles. The highest BCUT2D eigenvalue weighted by Crippen LogP contribution is 2.22. The molecule has 5 nitrogen and oxygen atoms in total. The summed E-state index contributed by atoms with van der Waals surface area (Å²) in [5.74, 6) is 0.478. The molecular weight excluding hydrogens is 362 g/mol. The van der Waals surface area contributed by atoms with Crippen molar-refractivity contribution in [1.29, 1.82) is 0 Å². The molecule has 3 N–H and O–H groups in total. The van der Waals surface area contributed by atoms with Gasteiger partial charge in [-0.25, -0.2) is 0 Å². The number of benzene rings is 1. The van der Waals surface area contributed by atoms with Gasteiger partial charge in [0.2, 0.25) is 11.8 Å². The predicted molar refractivity (Wildman–Crippen MR) is 112 cm³/mol. The maximum absolute atomic E-state index is 12.3. The molecule has 1 aromatic carbocycles. The van der Waals surface area contributed by atoms with E-state index in [1.54, 1.807) is 0 Å². The average molecular weight is 396 g/mol. The van der Waals surface area contributed by atoms with Crippen LogP contribution in [-0.4, -0.2) is 42.4 Å². The van der Waals surface area contributed by atoms with Crippen molar-refractivity contribution in [2.45, 2.75) is 52.5 Å². The summed E-state index contributed by atoms with van der Waals surface area (Å²) >= 11 is 0. The van der Waals surface area contributed by atoms with Crippen LogP contribution in [0.4, 0.5) is 0 Å². The van der Waals surface area contributed by atoms with Gasteiger partial charge in [0.25, 0.3) is 0 Å². The van der Waals surface area contributed by atoms with Crippen LogP contribution in [0.5, 0.6) is 0 Å². The molecule has 0 unspecified atom stereocenters. The van der Waals surface area contributed by atoms with Gasteiger partial charge in [0.1, 0.15) is 0 Å². The molecule has 1 saturated heterocycles. The van der Waals surface area contributed by atoms with Crippen LogP contribution in [0.2, 0.25) is 0 Å². The zero-order valence-electron chi connectivity index (χ0n) is 16.7. The van der Waals surface area contributed by atoms with Crippen molar-refractivity contribution in [3.63, 3.8) is 0 Å². The predicted octanol–water partition coefficient (Wildman–Crippen LogP) is 2.69. The number of halogens is 1. The molecule has 2 amide bonds. The number of likely N-dealkylation sites (tertiary alicyclic amines) is 1. The van der Waals surface area contributed by atoms with Crippen molar-refractivity contribution in [2.75, 3.05) is 19.6 Å². The van der Waals surface area contributed by atoms with Crippen LogP contribution in [-0.2, 0) is 16.0 Å². The van der Waals surface area contributed by atoms with E-state index in [2.05, 4.69) is 36.5 Å². The molecule has 0 radical (unpaired) electrons. The number of rotatable bonds is 7. The quantitative estimate of drug-likeness (QED) is 0.745. The molecule has 152 valence electrons. The van der Waals surface area contributed by atoms with Gasteiger partial charge in [0, 0.05) is 13.1 Å². The van der Waals surface area contributed by atoms with Crippen molar-refractivity contribution in [3.8, 4) is 0 Å². The minimum absolute atomic E-state index is 0. The third-order valence-electron chi connectivity index (χ3n) is 5.36. The average Bonchev–Trinajstić information content (AvgIpc) is 2.65. The number of aryl methyl sites for hydroxylation is 2. The zero-order chi connectivity index (χ0) is 19.1. The number of amides is 2. The van der Waals surface area contributed by atoms with Gasteiger partial charge in [-0.15, -0.1) is 12.4 Å². The second-order valence-corrected chi connectivity index (χ2v) is 7.84. The van der Waals surface area contributed by atoms with Gasteiger partial charge in [-0.2, -0.15) is 0 Å². The normalized spacial score (nSPS) is 16.0. The molecule has 1 aromatic rings. The number of hydrogen-bond donors (Lipinski definition) is 2. The third-order valence-corrected chi connectivity index (χ3v) is 5.36. The number of nitrogens with one attached hydrogen (secondary N) is 1. The first kappa shape index (κ1) is 23.4.